The lowest BCUT2D eigenvalue weighted by Crippen LogP contribution is -2.35. The molecule has 0 heterocycles. The van der Waals surface area contributed by atoms with Crippen molar-refractivity contribution in [2.45, 2.75) is 20.8 Å². The third-order valence-electron chi connectivity index (χ3n) is 4.14. The largest absolute Gasteiger partial charge is 0.494 e. The average molecular weight is 422 g/mol. The van der Waals surface area contributed by atoms with Gasteiger partial charge in [-0.05, 0) is 31.9 Å². The molecule has 0 aliphatic heterocycles. The zero-order chi connectivity index (χ0) is 21.9. The second-order valence-electron chi connectivity index (χ2n) is 6.26. The van der Waals surface area contributed by atoms with Crippen LogP contribution >= 0.6 is 11.6 Å². The Hall–Kier alpha value is -3.33. The number of hydrogen-bond acceptors (Lipinski definition) is 6. The smallest absolute Gasteiger partial charge is 0.326 e. The lowest BCUT2D eigenvalue weighted by molar-refractivity contribution is -0.385. The molecule has 0 atom stereocenters. The van der Waals surface area contributed by atoms with Gasteiger partial charge in [0.1, 0.15) is 5.56 Å². The number of hydrogen-bond donors (Lipinski definition) is 2. The van der Waals surface area contributed by atoms with Gasteiger partial charge in [-0.3, -0.25) is 20.2 Å². The van der Waals surface area contributed by atoms with Gasteiger partial charge in [0.2, 0.25) is 5.75 Å². The Labute approximate surface area is 172 Å². The first kappa shape index (κ1) is 22.0. The van der Waals surface area contributed by atoms with Crippen LogP contribution in [0.4, 0.5) is 16.2 Å². The first-order valence-corrected chi connectivity index (χ1v) is 8.77. The topological polar surface area (TPSA) is 120 Å². The molecule has 2 aromatic carbocycles. The number of ether oxygens (including phenoxy) is 2. The maximum Gasteiger partial charge on any atom is 0.326 e. The molecule has 0 fully saturated rings. The molecule has 29 heavy (non-hydrogen) atoms. The standard InChI is InChI=1S/C19H20ClN3O6/c1-9-6-10(2)15(11(3)7-9)21-19(25)22-18(24)14-16(28-4)12(20)8-13(23(26)27)17(14)29-5/h6-8H,1-5H3,(H2,21,22,24,25). The van der Waals surface area contributed by atoms with E-state index in [-0.39, 0.29) is 22.1 Å². The summed E-state index contributed by atoms with van der Waals surface area (Å²) >= 11 is 6.01. The number of amides is 3. The molecule has 0 unspecified atom stereocenters. The number of rotatable bonds is 5. The van der Waals surface area contributed by atoms with Gasteiger partial charge in [-0.1, -0.05) is 29.3 Å². The summed E-state index contributed by atoms with van der Waals surface area (Å²) in [6.07, 6.45) is 0. The van der Waals surface area contributed by atoms with E-state index in [0.717, 1.165) is 29.9 Å². The third-order valence-corrected chi connectivity index (χ3v) is 4.42. The van der Waals surface area contributed by atoms with E-state index in [9.17, 15) is 19.7 Å². The number of nitro benzene ring substituents is 1. The molecule has 0 saturated carbocycles. The summed E-state index contributed by atoms with van der Waals surface area (Å²) in [7, 11) is 2.40. The monoisotopic (exact) mass is 421 g/mol. The van der Waals surface area contributed by atoms with E-state index in [1.165, 1.54) is 7.11 Å². The molecule has 3 amide bonds. The van der Waals surface area contributed by atoms with E-state index >= 15 is 0 Å². The highest BCUT2D eigenvalue weighted by Gasteiger charge is 2.31. The van der Waals surface area contributed by atoms with Gasteiger partial charge in [0, 0.05) is 11.8 Å². The summed E-state index contributed by atoms with van der Waals surface area (Å²) in [6, 6.07) is 3.96. The van der Waals surface area contributed by atoms with E-state index in [1.807, 2.05) is 32.9 Å². The first-order valence-electron chi connectivity index (χ1n) is 8.39. The number of carbonyl (C=O) groups is 2. The minimum absolute atomic E-state index is 0.151. The highest BCUT2D eigenvalue weighted by molar-refractivity contribution is 6.33. The van der Waals surface area contributed by atoms with Crippen LogP contribution in [0.15, 0.2) is 18.2 Å². The number of aryl methyl sites for hydroxylation is 3. The van der Waals surface area contributed by atoms with Crippen LogP contribution in [0, 0.1) is 30.9 Å². The number of methoxy groups -OCH3 is 2. The van der Waals surface area contributed by atoms with Crippen molar-refractivity contribution in [3.05, 3.63) is 55.6 Å². The quantitative estimate of drug-likeness (QED) is 0.552. The lowest BCUT2D eigenvalue weighted by atomic mass is 10.1. The molecule has 0 radical (unpaired) electrons. The zero-order valence-corrected chi connectivity index (χ0v) is 17.3. The van der Waals surface area contributed by atoms with Gasteiger partial charge in [-0.25, -0.2) is 4.79 Å². The van der Waals surface area contributed by atoms with Gasteiger partial charge in [0.15, 0.2) is 5.75 Å². The normalized spacial score (nSPS) is 10.3. The van der Waals surface area contributed by atoms with E-state index in [0.29, 0.717) is 5.69 Å². The van der Waals surface area contributed by atoms with E-state index in [2.05, 4.69) is 10.6 Å². The second-order valence-corrected chi connectivity index (χ2v) is 6.67. The number of nitrogens with one attached hydrogen (secondary N) is 2. The summed E-state index contributed by atoms with van der Waals surface area (Å²) in [6.45, 7) is 5.58. The Balaban J connectivity index is 2.40. The van der Waals surface area contributed by atoms with Gasteiger partial charge >= 0.3 is 11.7 Å². The lowest BCUT2D eigenvalue weighted by Gasteiger charge is -2.16. The van der Waals surface area contributed by atoms with Gasteiger partial charge in [-0.2, -0.15) is 0 Å². The van der Waals surface area contributed by atoms with Crippen molar-refractivity contribution in [2.75, 3.05) is 19.5 Å². The molecule has 154 valence electrons. The number of anilines is 1. The van der Waals surface area contributed by atoms with E-state index < -0.39 is 22.5 Å². The molecule has 0 spiro atoms. The van der Waals surface area contributed by atoms with Gasteiger partial charge in [0.25, 0.3) is 5.91 Å². The van der Waals surface area contributed by atoms with Crippen LogP contribution in [0.2, 0.25) is 5.02 Å². The van der Waals surface area contributed by atoms with Gasteiger partial charge in [0.05, 0.1) is 24.2 Å². The Morgan fingerprint density at radius 3 is 2.07 bits per heavy atom. The van der Waals surface area contributed by atoms with Crippen molar-refractivity contribution in [3.8, 4) is 11.5 Å². The number of urea groups is 1. The molecule has 9 nitrogen and oxygen atoms in total. The van der Waals surface area contributed by atoms with E-state index in [1.54, 1.807) is 0 Å². The van der Waals surface area contributed by atoms with Crippen molar-refractivity contribution < 1.29 is 24.0 Å². The molecule has 2 rings (SSSR count). The first-order chi connectivity index (χ1) is 13.6. The van der Waals surface area contributed by atoms with Crippen molar-refractivity contribution in [2.24, 2.45) is 0 Å². The van der Waals surface area contributed by atoms with Gasteiger partial charge in [-0.15, -0.1) is 0 Å². The number of carbonyl (C=O) groups excluding carboxylic acids is 2. The van der Waals surface area contributed by atoms with Crippen molar-refractivity contribution in [3.63, 3.8) is 0 Å². The second kappa shape index (κ2) is 8.78. The van der Waals surface area contributed by atoms with Crippen LogP contribution in [0.25, 0.3) is 0 Å². The molecule has 0 aliphatic rings. The maximum atomic E-state index is 12.7. The third kappa shape index (κ3) is 4.57. The van der Waals surface area contributed by atoms with E-state index in [4.69, 9.17) is 21.1 Å². The number of nitro groups is 1. The molecule has 0 bridgehead atoms. The minimum atomic E-state index is -0.968. The average Bonchev–Trinajstić information content (AvgIpc) is 2.63. The highest BCUT2D eigenvalue weighted by Crippen LogP contribution is 2.42. The SMILES string of the molecule is COc1c(Cl)cc([N+](=O)[O-])c(OC)c1C(=O)NC(=O)Nc1c(C)cc(C)cc1C. The number of benzene rings is 2. The number of halogens is 1. The molecular weight excluding hydrogens is 402 g/mol. The fourth-order valence-electron chi connectivity index (χ4n) is 3.04. The fourth-order valence-corrected chi connectivity index (χ4v) is 3.31. The van der Waals surface area contributed by atoms with Crippen LogP contribution in [0.3, 0.4) is 0 Å². The Bertz CT molecular complexity index is 983. The summed E-state index contributed by atoms with van der Waals surface area (Å²) < 4.78 is 10.1. The summed E-state index contributed by atoms with van der Waals surface area (Å²) in [5.74, 6) is -1.49. The van der Waals surface area contributed by atoms with Crippen LogP contribution in [0.1, 0.15) is 27.0 Å². The zero-order valence-electron chi connectivity index (χ0n) is 16.5. The molecule has 0 saturated heterocycles. The Kier molecular flexibility index (Phi) is 6.65. The molecule has 0 aliphatic carbocycles. The minimum Gasteiger partial charge on any atom is -0.494 e. The van der Waals surface area contributed by atoms with Gasteiger partial charge < -0.3 is 14.8 Å². The van der Waals surface area contributed by atoms with Crippen molar-refractivity contribution in [1.29, 1.82) is 0 Å². The predicted molar refractivity (Wildman–Crippen MR) is 108 cm³/mol. The Morgan fingerprint density at radius 2 is 1.59 bits per heavy atom. The highest BCUT2D eigenvalue weighted by atomic mass is 35.5. The van der Waals surface area contributed by atoms with Crippen molar-refractivity contribution in [1.82, 2.24) is 5.32 Å². The van der Waals surface area contributed by atoms with Crippen LogP contribution in [0.5, 0.6) is 11.5 Å². The number of nitrogens with zero attached hydrogens (tertiary/aromatic N) is 1. The summed E-state index contributed by atoms with van der Waals surface area (Å²) in [5, 5.41) is 15.9. The molecule has 2 N–H and O–H groups in total. The van der Waals surface area contributed by atoms with Crippen molar-refractivity contribution >= 4 is 34.9 Å². The molecule has 2 aromatic rings. The van der Waals surface area contributed by atoms with Crippen LogP contribution in [-0.4, -0.2) is 31.1 Å². The molecule has 10 heteroatoms. The summed E-state index contributed by atoms with van der Waals surface area (Å²) in [5.41, 5.74) is 2.33. The Morgan fingerprint density at radius 1 is 1.03 bits per heavy atom. The van der Waals surface area contributed by atoms with Crippen LogP contribution in [-0.2, 0) is 0 Å². The maximum absolute atomic E-state index is 12.7. The summed E-state index contributed by atoms with van der Waals surface area (Å²) in [4.78, 5) is 35.7. The molecule has 0 aromatic heterocycles. The van der Waals surface area contributed by atoms with Crippen LogP contribution < -0.4 is 20.1 Å². The predicted octanol–water partition coefficient (Wildman–Crippen LogP) is 4.15. The molecular formula is C19H20ClN3O6. The fraction of sp³-hybridized carbons (Fsp3) is 0.263. The number of imide groups is 1.